The van der Waals surface area contributed by atoms with Gasteiger partial charge >= 0.3 is 0 Å². The van der Waals surface area contributed by atoms with E-state index in [2.05, 4.69) is 0 Å². The lowest BCUT2D eigenvalue weighted by Crippen LogP contribution is -2.31. The van der Waals surface area contributed by atoms with E-state index >= 15 is 0 Å². The van der Waals surface area contributed by atoms with E-state index in [1.807, 2.05) is 0 Å². The van der Waals surface area contributed by atoms with Crippen molar-refractivity contribution in [3.63, 3.8) is 0 Å². The third kappa shape index (κ3) is 1.84. The SMILES string of the molecule is NC1CCN(S(=O)(=O)c2ccc3c(c2)OCO3)C1. The van der Waals surface area contributed by atoms with Crippen LogP contribution in [0.25, 0.3) is 0 Å². The number of sulfonamides is 1. The molecule has 0 spiro atoms. The number of nitrogens with zero attached hydrogens (tertiary/aromatic N) is 1. The Balaban J connectivity index is 1.94. The van der Waals surface area contributed by atoms with Gasteiger partial charge in [0.15, 0.2) is 11.5 Å². The molecule has 1 aromatic carbocycles. The Hall–Kier alpha value is -1.31. The molecule has 3 rings (SSSR count). The van der Waals surface area contributed by atoms with Crippen molar-refractivity contribution >= 4 is 10.0 Å². The first-order valence-electron chi connectivity index (χ1n) is 5.73. The fourth-order valence-electron chi connectivity index (χ4n) is 2.16. The van der Waals surface area contributed by atoms with Crippen molar-refractivity contribution in [1.82, 2.24) is 4.31 Å². The second-order valence-corrected chi connectivity index (χ2v) is 6.36. The van der Waals surface area contributed by atoms with Crippen molar-refractivity contribution in [1.29, 1.82) is 0 Å². The van der Waals surface area contributed by atoms with Gasteiger partial charge in [-0.25, -0.2) is 8.42 Å². The summed E-state index contributed by atoms with van der Waals surface area (Å²) in [4.78, 5) is 0.223. The Morgan fingerprint density at radius 1 is 1.28 bits per heavy atom. The molecule has 0 radical (unpaired) electrons. The van der Waals surface area contributed by atoms with Gasteiger partial charge in [-0.1, -0.05) is 0 Å². The molecule has 0 aromatic heterocycles. The van der Waals surface area contributed by atoms with E-state index in [0.29, 0.717) is 31.0 Å². The molecule has 2 N–H and O–H groups in total. The van der Waals surface area contributed by atoms with Crippen LogP contribution in [0.15, 0.2) is 23.1 Å². The van der Waals surface area contributed by atoms with Gasteiger partial charge in [0.05, 0.1) is 4.90 Å². The van der Waals surface area contributed by atoms with Crippen LogP contribution in [-0.2, 0) is 10.0 Å². The van der Waals surface area contributed by atoms with Gasteiger partial charge in [-0.15, -0.1) is 0 Å². The molecular weight excluding hydrogens is 256 g/mol. The summed E-state index contributed by atoms with van der Waals surface area (Å²) in [5.41, 5.74) is 5.74. The fraction of sp³-hybridized carbons (Fsp3) is 0.455. The van der Waals surface area contributed by atoms with E-state index in [0.717, 1.165) is 0 Å². The molecule has 1 fully saturated rings. The van der Waals surface area contributed by atoms with Crippen molar-refractivity contribution in [3.05, 3.63) is 18.2 Å². The minimum Gasteiger partial charge on any atom is -0.454 e. The first kappa shape index (κ1) is 11.8. The van der Waals surface area contributed by atoms with Crippen LogP contribution in [-0.4, -0.2) is 38.6 Å². The van der Waals surface area contributed by atoms with Crippen LogP contribution in [0, 0.1) is 0 Å². The third-order valence-corrected chi connectivity index (χ3v) is 5.03. The number of benzene rings is 1. The average Bonchev–Trinajstić information content (AvgIpc) is 2.96. The highest BCUT2D eigenvalue weighted by Gasteiger charge is 2.31. The van der Waals surface area contributed by atoms with Gasteiger partial charge in [-0.05, 0) is 18.6 Å². The summed E-state index contributed by atoms with van der Waals surface area (Å²) in [6, 6.07) is 4.58. The second-order valence-electron chi connectivity index (χ2n) is 4.43. The largest absolute Gasteiger partial charge is 0.454 e. The topological polar surface area (TPSA) is 81.9 Å². The minimum absolute atomic E-state index is 0.0752. The Bertz CT molecular complexity index is 572. The van der Waals surface area contributed by atoms with Gasteiger partial charge in [0.1, 0.15) is 0 Å². The number of fused-ring (bicyclic) bond motifs is 1. The molecule has 0 saturated carbocycles. The van der Waals surface area contributed by atoms with Gasteiger partial charge in [0.2, 0.25) is 16.8 Å². The Morgan fingerprint density at radius 3 is 2.78 bits per heavy atom. The monoisotopic (exact) mass is 270 g/mol. The van der Waals surface area contributed by atoms with Gasteiger partial charge in [0, 0.05) is 25.2 Å². The number of hydrogen-bond donors (Lipinski definition) is 1. The summed E-state index contributed by atoms with van der Waals surface area (Å²) in [6.07, 6.45) is 0.698. The van der Waals surface area contributed by atoms with E-state index in [4.69, 9.17) is 15.2 Å². The lowest BCUT2D eigenvalue weighted by atomic mass is 10.3. The standard InChI is InChI=1S/C11H14N2O4S/c12-8-3-4-13(6-8)18(14,15)9-1-2-10-11(5-9)17-7-16-10/h1-2,5,8H,3-4,6-7,12H2. The lowest BCUT2D eigenvalue weighted by molar-refractivity contribution is 0.174. The summed E-state index contributed by atoms with van der Waals surface area (Å²) < 4.78 is 36.5. The van der Waals surface area contributed by atoms with Crippen LogP contribution in [0.1, 0.15) is 6.42 Å². The Kier molecular flexibility index (Phi) is 2.69. The Morgan fingerprint density at radius 2 is 2.06 bits per heavy atom. The summed E-state index contributed by atoms with van der Waals surface area (Å²) >= 11 is 0. The van der Waals surface area contributed by atoms with E-state index in [1.54, 1.807) is 6.07 Å². The molecule has 18 heavy (non-hydrogen) atoms. The summed E-state index contributed by atoms with van der Waals surface area (Å²) in [6.45, 7) is 0.974. The number of rotatable bonds is 2. The van der Waals surface area contributed by atoms with Crippen molar-refractivity contribution in [3.8, 4) is 11.5 Å². The molecule has 2 aliphatic rings. The minimum atomic E-state index is -3.48. The number of hydrogen-bond acceptors (Lipinski definition) is 5. The molecule has 6 nitrogen and oxygen atoms in total. The highest BCUT2D eigenvalue weighted by atomic mass is 32.2. The first-order valence-corrected chi connectivity index (χ1v) is 7.17. The normalized spacial score (nSPS) is 23.5. The first-order chi connectivity index (χ1) is 8.57. The molecule has 1 unspecified atom stereocenters. The molecule has 0 bridgehead atoms. The van der Waals surface area contributed by atoms with Gasteiger partial charge in [-0.2, -0.15) is 4.31 Å². The quantitative estimate of drug-likeness (QED) is 0.826. The van der Waals surface area contributed by atoms with E-state index in [-0.39, 0.29) is 17.7 Å². The van der Waals surface area contributed by atoms with Crippen molar-refractivity contribution in [2.45, 2.75) is 17.4 Å². The second kappa shape index (κ2) is 4.11. The van der Waals surface area contributed by atoms with Gasteiger partial charge in [0.25, 0.3) is 0 Å². The molecule has 2 aliphatic heterocycles. The van der Waals surface area contributed by atoms with Crippen LogP contribution in [0.3, 0.4) is 0 Å². The van der Waals surface area contributed by atoms with Crippen LogP contribution < -0.4 is 15.2 Å². The highest BCUT2D eigenvalue weighted by molar-refractivity contribution is 7.89. The molecule has 7 heteroatoms. The van der Waals surface area contributed by atoms with Crippen molar-refractivity contribution in [2.24, 2.45) is 5.73 Å². The Labute approximate surface area is 105 Å². The molecule has 0 aliphatic carbocycles. The molecule has 98 valence electrons. The van der Waals surface area contributed by atoms with Crippen LogP contribution in [0.4, 0.5) is 0 Å². The molecule has 0 amide bonds. The lowest BCUT2D eigenvalue weighted by Gasteiger charge is -2.16. The molecular formula is C11H14N2O4S. The zero-order chi connectivity index (χ0) is 12.8. The van der Waals surface area contributed by atoms with Crippen LogP contribution in [0.2, 0.25) is 0 Å². The number of nitrogens with two attached hydrogens (primary N) is 1. The molecule has 2 heterocycles. The van der Waals surface area contributed by atoms with Crippen molar-refractivity contribution < 1.29 is 17.9 Å². The predicted octanol–water partition coefficient (Wildman–Crippen LogP) is 0.137. The fourth-order valence-corrected chi connectivity index (χ4v) is 3.69. The van der Waals surface area contributed by atoms with Gasteiger partial charge in [-0.3, -0.25) is 0 Å². The summed E-state index contributed by atoms with van der Waals surface area (Å²) in [5.74, 6) is 1.05. The average molecular weight is 270 g/mol. The van der Waals surface area contributed by atoms with Gasteiger partial charge < -0.3 is 15.2 Å². The van der Waals surface area contributed by atoms with E-state index in [1.165, 1.54) is 16.4 Å². The molecule has 1 atom stereocenters. The summed E-state index contributed by atoms with van der Waals surface area (Å²) in [5, 5.41) is 0. The molecule has 1 aromatic rings. The zero-order valence-corrected chi connectivity index (χ0v) is 10.5. The maximum Gasteiger partial charge on any atom is 0.243 e. The van der Waals surface area contributed by atoms with Crippen LogP contribution >= 0.6 is 0 Å². The maximum atomic E-state index is 12.4. The smallest absolute Gasteiger partial charge is 0.243 e. The van der Waals surface area contributed by atoms with Crippen molar-refractivity contribution in [2.75, 3.05) is 19.9 Å². The molecule has 1 saturated heterocycles. The van der Waals surface area contributed by atoms with E-state index in [9.17, 15) is 8.42 Å². The maximum absolute atomic E-state index is 12.4. The third-order valence-electron chi connectivity index (χ3n) is 3.17. The summed E-state index contributed by atoms with van der Waals surface area (Å²) in [7, 11) is -3.48. The predicted molar refractivity (Wildman–Crippen MR) is 63.9 cm³/mol. The highest BCUT2D eigenvalue weighted by Crippen LogP contribution is 2.35. The van der Waals surface area contributed by atoms with Crippen LogP contribution in [0.5, 0.6) is 11.5 Å². The van der Waals surface area contributed by atoms with E-state index < -0.39 is 10.0 Å². The zero-order valence-electron chi connectivity index (χ0n) is 9.70. The number of ether oxygens (including phenoxy) is 2.